The van der Waals surface area contributed by atoms with E-state index in [1.807, 2.05) is 35.9 Å². The normalized spacial score (nSPS) is 10.7. The molecule has 0 aliphatic carbocycles. The molecule has 2 aromatic carbocycles. The van der Waals surface area contributed by atoms with Crippen LogP contribution in [0.1, 0.15) is 23.0 Å². The number of halogens is 1. The quantitative estimate of drug-likeness (QED) is 0.375. The van der Waals surface area contributed by atoms with Crippen LogP contribution in [0.4, 0.5) is 11.6 Å². The number of benzene rings is 2. The predicted molar refractivity (Wildman–Crippen MR) is 127 cm³/mol. The fourth-order valence-corrected chi connectivity index (χ4v) is 3.40. The van der Waals surface area contributed by atoms with Gasteiger partial charge in [-0.05, 0) is 38.1 Å². The van der Waals surface area contributed by atoms with Crippen LogP contribution in [0.25, 0.3) is 16.9 Å². The monoisotopic (exact) mass is 463 g/mol. The number of methoxy groups -OCH3 is 1. The Morgan fingerprint density at radius 2 is 1.94 bits per heavy atom. The van der Waals surface area contributed by atoms with E-state index in [2.05, 4.69) is 20.3 Å². The van der Waals surface area contributed by atoms with Crippen LogP contribution >= 0.6 is 11.6 Å². The number of aromatic nitrogens is 4. The number of hydrogen-bond donors (Lipinski definition) is 1. The molecule has 0 saturated heterocycles. The van der Waals surface area contributed by atoms with Gasteiger partial charge in [0.1, 0.15) is 11.3 Å². The minimum absolute atomic E-state index is 0.251. The number of carbonyl (C=O) groups excluding carboxylic acids is 1. The van der Waals surface area contributed by atoms with Gasteiger partial charge in [-0.15, -0.1) is 0 Å². The number of hydrogen-bond acceptors (Lipinski definition) is 7. The van der Waals surface area contributed by atoms with Gasteiger partial charge in [-0.3, -0.25) is 0 Å². The van der Waals surface area contributed by atoms with E-state index in [4.69, 9.17) is 21.1 Å². The van der Waals surface area contributed by atoms with Crippen LogP contribution < -0.4 is 10.1 Å². The zero-order chi connectivity index (χ0) is 23.4. The molecule has 0 unspecified atom stereocenters. The number of anilines is 2. The van der Waals surface area contributed by atoms with Crippen molar-refractivity contribution in [3.63, 3.8) is 0 Å². The number of nitrogens with one attached hydrogen (secondary N) is 1. The second kappa shape index (κ2) is 9.70. The molecule has 33 heavy (non-hydrogen) atoms. The Morgan fingerprint density at radius 1 is 1.15 bits per heavy atom. The van der Waals surface area contributed by atoms with Gasteiger partial charge in [0.15, 0.2) is 0 Å². The van der Waals surface area contributed by atoms with Gasteiger partial charge in [-0.2, -0.15) is 0 Å². The van der Waals surface area contributed by atoms with Crippen LogP contribution in [0, 0.1) is 6.92 Å². The zero-order valence-electron chi connectivity index (χ0n) is 18.4. The van der Waals surface area contributed by atoms with Crippen molar-refractivity contribution in [1.82, 2.24) is 19.5 Å². The molecule has 8 nitrogen and oxygen atoms in total. The van der Waals surface area contributed by atoms with Crippen molar-refractivity contribution in [2.75, 3.05) is 19.0 Å². The van der Waals surface area contributed by atoms with Gasteiger partial charge in [-0.1, -0.05) is 23.7 Å². The zero-order valence-corrected chi connectivity index (χ0v) is 19.1. The van der Waals surface area contributed by atoms with E-state index in [-0.39, 0.29) is 12.2 Å². The molecule has 1 N–H and O–H groups in total. The van der Waals surface area contributed by atoms with Crippen LogP contribution in [0.3, 0.4) is 0 Å². The maximum absolute atomic E-state index is 12.5. The summed E-state index contributed by atoms with van der Waals surface area (Å²) >= 11 is 6.02. The number of esters is 1. The van der Waals surface area contributed by atoms with Crippen molar-refractivity contribution in [3.05, 3.63) is 77.5 Å². The standard InChI is InChI=1S/C24H22ClN5O3/c1-4-33-23(31)19-12-26-24(29-22(19)16-5-7-17(25)8-6-16)28-18-9-10-20(21(11-18)32-3)30-13-15(2)27-14-30/h5-14H,4H2,1-3H3,(H,26,28,29). The molecule has 0 radical (unpaired) electrons. The van der Waals surface area contributed by atoms with E-state index >= 15 is 0 Å². The Balaban J connectivity index is 1.69. The summed E-state index contributed by atoms with van der Waals surface area (Å²) in [5.41, 5.74) is 3.91. The minimum Gasteiger partial charge on any atom is -0.494 e. The molecule has 168 valence electrons. The van der Waals surface area contributed by atoms with Crippen molar-refractivity contribution < 1.29 is 14.3 Å². The first-order valence-corrected chi connectivity index (χ1v) is 10.6. The van der Waals surface area contributed by atoms with Crippen LogP contribution in [0.15, 0.2) is 61.2 Å². The molecule has 2 heterocycles. The van der Waals surface area contributed by atoms with E-state index in [1.54, 1.807) is 44.6 Å². The van der Waals surface area contributed by atoms with Gasteiger partial charge < -0.3 is 19.4 Å². The Hall–Kier alpha value is -3.91. The highest BCUT2D eigenvalue weighted by molar-refractivity contribution is 6.30. The predicted octanol–water partition coefficient (Wildman–Crippen LogP) is 5.22. The molecule has 0 fully saturated rings. The molecule has 0 bridgehead atoms. The Kier molecular flexibility index (Phi) is 6.55. The van der Waals surface area contributed by atoms with Gasteiger partial charge in [0.05, 0.1) is 37.1 Å². The molecular weight excluding hydrogens is 442 g/mol. The molecule has 0 amide bonds. The van der Waals surface area contributed by atoms with Crippen LogP contribution in [0.2, 0.25) is 5.02 Å². The van der Waals surface area contributed by atoms with Crippen molar-refractivity contribution in [1.29, 1.82) is 0 Å². The van der Waals surface area contributed by atoms with Crippen LogP contribution in [0.5, 0.6) is 5.75 Å². The van der Waals surface area contributed by atoms with Crippen LogP contribution in [-0.4, -0.2) is 39.2 Å². The summed E-state index contributed by atoms with van der Waals surface area (Å²) in [5.74, 6) is 0.482. The molecule has 9 heteroatoms. The summed E-state index contributed by atoms with van der Waals surface area (Å²) in [6.07, 6.45) is 5.10. The van der Waals surface area contributed by atoms with Crippen molar-refractivity contribution in [3.8, 4) is 22.7 Å². The van der Waals surface area contributed by atoms with E-state index in [9.17, 15) is 4.79 Å². The summed E-state index contributed by atoms with van der Waals surface area (Å²) in [4.78, 5) is 25.6. The van der Waals surface area contributed by atoms with E-state index in [0.717, 1.165) is 22.6 Å². The first-order valence-electron chi connectivity index (χ1n) is 10.2. The first kappa shape index (κ1) is 22.3. The molecule has 0 saturated carbocycles. The number of aryl methyl sites for hydroxylation is 1. The van der Waals surface area contributed by atoms with E-state index in [0.29, 0.717) is 22.4 Å². The first-order chi connectivity index (χ1) is 16.0. The van der Waals surface area contributed by atoms with E-state index in [1.165, 1.54) is 6.20 Å². The molecule has 2 aromatic heterocycles. The number of imidazole rings is 1. The van der Waals surface area contributed by atoms with Crippen molar-refractivity contribution >= 4 is 29.2 Å². The van der Waals surface area contributed by atoms with Crippen LogP contribution in [-0.2, 0) is 4.74 Å². The second-order valence-electron chi connectivity index (χ2n) is 7.12. The van der Waals surface area contributed by atoms with Crippen molar-refractivity contribution in [2.45, 2.75) is 13.8 Å². The molecule has 4 aromatic rings. The lowest BCUT2D eigenvalue weighted by Crippen LogP contribution is -2.10. The third-order valence-electron chi connectivity index (χ3n) is 4.83. The highest BCUT2D eigenvalue weighted by Gasteiger charge is 2.18. The van der Waals surface area contributed by atoms with Gasteiger partial charge in [0.2, 0.25) is 5.95 Å². The number of rotatable bonds is 7. The number of ether oxygens (including phenoxy) is 2. The third kappa shape index (κ3) is 4.96. The maximum atomic E-state index is 12.5. The van der Waals surface area contributed by atoms with Crippen molar-refractivity contribution in [2.24, 2.45) is 0 Å². The molecular formula is C24H22ClN5O3. The van der Waals surface area contributed by atoms with Gasteiger partial charge in [-0.25, -0.2) is 19.7 Å². The second-order valence-corrected chi connectivity index (χ2v) is 7.55. The topological polar surface area (TPSA) is 91.2 Å². The Bertz CT molecular complexity index is 1290. The minimum atomic E-state index is -0.490. The summed E-state index contributed by atoms with van der Waals surface area (Å²) in [5, 5.41) is 3.76. The Labute approximate surface area is 196 Å². The largest absolute Gasteiger partial charge is 0.494 e. The SMILES string of the molecule is CCOC(=O)c1cnc(Nc2ccc(-n3cnc(C)c3)c(OC)c2)nc1-c1ccc(Cl)cc1. The molecule has 4 rings (SSSR count). The summed E-state index contributed by atoms with van der Waals surface area (Å²) in [6, 6.07) is 12.7. The molecule has 0 aliphatic rings. The smallest absolute Gasteiger partial charge is 0.341 e. The Morgan fingerprint density at radius 3 is 2.61 bits per heavy atom. The summed E-state index contributed by atoms with van der Waals surface area (Å²) in [7, 11) is 1.61. The summed E-state index contributed by atoms with van der Waals surface area (Å²) in [6.45, 7) is 3.93. The fourth-order valence-electron chi connectivity index (χ4n) is 3.28. The van der Waals surface area contributed by atoms with Gasteiger partial charge in [0, 0.05) is 34.7 Å². The number of nitrogens with zero attached hydrogens (tertiary/aromatic N) is 4. The van der Waals surface area contributed by atoms with E-state index < -0.39 is 5.97 Å². The van der Waals surface area contributed by atoms with Gasteiger partial charge >= 0.3 is 5.97 Å². The van der Waals surface area contributed by atoms with Gasteiger partial charge in [0.25, 0.3) is 0 Å². The molecule has 0 atom stereocenters. The highest BCUT2D eigenvalue weighted by Crippen LogP contribution is 2.29. The molecule has 0 aliphatic heterocycles. The summed E-state index contributed by atoms with van der Waals surface area (Å²) < 4.78 is 12.6. The molecule has 0 spiro atoms. The highest BCUT2D eigenvalue weighted by atomic mass is 35.5. The fraction of sp³-hybridized carbons (Fsp3) is 0.167. The number of carbonyl (C=O) groups is 1. The third-order valence-corrected chi connectivity index (χ3v) is 5.08. The lowest BCUT2D eigenvalue weighted by molar-refractivity contribution is 0.0526. The average molecular weight is 464 g/mol. The average Bonchev–Trinajstić information content (AvgIpc) is 3.25. The lowest BCUT2D eigenvalue weighted by atomic mass is 10.1. The maximum Gasteiger partial charge on any atom is 0.341 e. The lowest BCUT2D eigenvalue weighted by Gasteiger charge is -2.13.